The van der Waals surface area contributed by atoms with Gasteiger partial charge in [0.2, 0.25) is 0 Å². The first-order chi connectivity index (χ1) is 12.0. The third-order valence-electron chi connectivity index (χ3n) is 4.78. The van der Waals surface area contributed by atoms with Crippen molar-refractivity contribution in [3.05, 3.63) is 47.5 Å². The Morgan fingerprint density at radius 3 is 2.56 bits per heavy atom. The summed E-state index contributed by atoms with van der Waals surface area (Å²) in [6.45, 7) is 4.35. The van der Waals surface area contributed by atoms with Gasteiger partial charge in [0.25, 0.3) is 0 Å². The van der Waals surface area contributed by atoms with Crippen molar-refractivity contribution in [2.24, 2.45) is 7.05 Å². The molecule has 2 heterocycles. The number of hydrogen-bond donors (Lipinski definition) is 2. The number of hydrogen-bond acceptors (Lipinski definition) is 3. The molecule has 3 rings (SSSR count). The number of nitrogens with zero attached hydrogens (tertiary/aromatic N) is 3. The number of urea groups is 1. The maximum atomic E-state index is 13.2. The van der Waals surface area contributed by atoms with Crippen molar-refractivity contribution in [1.82, 2.24) is 20.0 Å². The number of rotatable bonds is 5. The van der Waals surface area contributed by atoms with Crippen LogP contribution in [0.2, 0.25) is 0 Å². The van der Waals surface area contributed by atoms with Crippen molar-refractivity contribution in [3.63, 3.8) is 0 Å². The smallest absolute Gasteiger partial charge is 0.319 e. The van der Waals surface area contributed by atoms with Crippen molar-refractivity contribution in [2.75, 3.05) is 25.0 Å². The highest BCUT2D eigenvalue weighted by atomic mass is 19.1. The van der Waals surface area contributed by atoms with Crippen LogP contribution in [-0.4, -0.2) is 40.3 Å². The van der Waals surface area contributed by atoms with Gasteiger partial charge >= 0.3 is 6.03 Å². The highest BCUT2D eigenvalue weighted by Gasteiger charge is 2.24. The van der Waals surface area contributed by atoms with E-state index in [0.717, 1.165) is 37.2 Å². The molecular formula is C18H24FN5O. The Bertz CT molecular complexity index is 722. The van der Waals surface area contributed by atoms with Crippen molar-refractivity contribution in [1.29, 1.82) is 0 Å². The van der Waals surface area contributed by atoms with Crippen molar-refractivity contribution in [2.45, 2.75) is 25.8 Å². The summed E-state index contributed by atoms with van der Waals surface area (Å²) in [5.41, 5.74) is 2.60. The predicted octanol–water partition coefficient (Wildman–Crippen LogP) is 2.83. The third kappa shape index (κ3) is 4.17. The van der Waals surface area contributed by atoms with Crippen LogP contribution in [0.25, 0.3) is 0 Å². The highest BCUT2D eigenvalue weighted by molar-refractivity contribution is 5.89. The molecule has 7 heteroatoms. The molecule has 2 aromatic rings. The van der Waals surface area contributed by atoms with E-state index in [1.54, 1.807) is 23.0 Å². The van der Waals surface area contributed by atoms with Gasteiger partial charge in [-0.15, -0.1) is 0 Å². The molecule has 1 aromatic carbocycles. The van der Waals surface area contributed by atoms with Crippen LogP contribution < -0.4 is 10.6 Å². The van der Waals surface area contributed by atoms with Crippen molar-refractivity contribution in [3.8, 4) is 0 Å². The molecular weight excluding hydrogens is 321 g/mol. The average Bonchev–Trinajstić information content (AvgIpc) is 3.23. The van der Waals surface area contributed by atoms with Crippen molar-refractivity contribution < 1.29 is 9.18 Å². The predicted molar refractivity (Wildman–Crippen MR) is 94.9 cm³/mol. The van der Waals surface area contributed by atoms with Crippen molar-refractivity contribution >= 4 is 11.7 Å². The first kappa shape index (κ1) is 17.4. The van der Waals surface area contributed by atoms with E-state index in [0.29, 0.717) is 12.2 Å². The molecule has 0 saturated carbocycles. The molecule has 1 saturated heterocycles. The molecule has 2 N–H and O–H groups in total. The van der Waals surface area contributed by atoms with E-state index in [-0.39, 0.29) is 17.9 Å². The molecule has 1 aliphatic rings. The number of carbonyl (C=O) groups excluding carboxylic acids is 1. The molecule has 0 spiro atoms. The number of anilines is 1. The van der Waals surface area contributed by atoms with Crippen LogP contribution >= 0.6 is 0 Å². The zero-order valence-electron chi connectivity index (χ0n) is 14.6. The van der Waals surface area contributed by atoms with Gasteiger partial charge in [0.05, 0.1) is 23.6 Å². The molecule has 0 aliphatic carbocycles. The van der Waals surface area contributed by atoms with Gasteiger partial charge in [-0.25, -0.2) is 9.18 Å². The molecule has 0 bridgehead atoms. The first-order valence-electron chi connectivity index (χ1n) is 8.57. The van der Waals surface area contributed by atoms with E-state index in [4.69, 9.17) is 0 Å². The summed E-state index contributed by atoms with van der Waals surface area (Å²) in [5, 5.41) is 9.87. The molecule has 25 heavy (non-hydrogen) atoms. The lowest BCUT2D eigenvalue weighted by molar-refractivity contribution is 0.227. The lowest BCUT2D eigenvalue weighted by Gasteiger charge is -2.28. The van der Waals surface area contributed by atoms with Crippen LogP contribution in [0.5, 0.6) is 0 Å². The second-order valence-corrected chi connectivity index (χ2v) is 6.41. The Balaban J connectivity index is 1.64. The Kier molecular flexibility index (Phi) is 5.33. The number of carbonyl (C=O) groups is 1. The maximum absolute atomic E-state index is 13.2. The van der Waals surface area contributed by atoms with E-state index in [1.165, 1.54) is 12.1 Å². The summed E-state index contributed by atoms with van der Waals surface area (Å²) in [6.07, 6.45) is 3.93. The summed E-state index contributed by atoms with van der Waals surface area (Å²) in [7, 11) is 1.83. The fourth-order valence-electron chi connectivity index (χ4n) is 3.17. The van der Waals surface area contributed by atoms with E-state index in [2.05, 4.69) is 20.6 Å². The van der Waals surface area contributed by atoms with E-state index in [9.17, 15) is 9.18 Å². The van der Waals surface area contributed by atoms with Gasteiger partial charge in [-0.1, -0.05) is 12.1 Å². The van der Waals surface area contributed by atoms with Crippen LogP contribution in [0.4, 0.5) is 14.9 Å². The molecule has 1 atom stereocenters. The third-order valence-corrected chi connectivity index (χ3v) is 4.78. The summed E-state index contributed by atoms with van der Waals surface area (Å²) in [4.78, 5) is 14.6. The first-order valence-corrected chi connectivity index (χ1v) is 8.57. The second kappa shape index (κ2) is 7.65. The number of halogens is 1. The van der Waals surface area contributed by atoms with Crippen LogP contribution in [-0.2, 0) is 7.05 Å². The Hall–Kier alpha value is -2.41. The minimum atomic E-state index is -0.262. The minimum Gasteiger partial charge on any atom is -0.336 e. The number of benzene rings is 1. The maximum Gasteiger partial charge on any atom is 0.319 e. The quantitative estimate of drug-likeness (QED) is 0.876. The Labute approximate surface area is 147 Å². The lowest BCUT2D eigenvalue weighted by Crippen LogP contribution is -2.38. The number of aromatic nitrogens is 2. The summed E-state index contributed by atoms with van der Waals surface area (Å²) < 4.78 is 14.9. The molecule has 1 fully saturated rings. The Morgan fingerprint density at radius 2 is 1.96 bits per heavy atom. The number of aryl methyl sites for hydroxylation is 1. The molecule has 1 unspecified atom stereocenters. The summed E-state index contributed by atoms with van der Waals surface area (Å²) in [6, 6.07) is 6.31. The largest absolute Gasteiger partial charge is 0.336 e. The molecule has 1 aliphatic heterocycles. The standard InChI is InChI=1S/C18H24FN5O/c1-13-16(11-21-23(13)2)22-18(25)20-12-17(24-9-3-4-10-24)14-5-7-15(19)8-6-14/h5-8,11,17H,3-4,9-10,12H2,1-2H3,(H2,20,22,25). The topological polar surface area (TPSA) is 62.2 Å². The number of amides is 2. The average molecular weight is 345 g/mol. The zero-order valence-corrected chi connectivity index (χ0v) is 14.6. The zero-order chi connectivity index (χ0) is 17.8. The van der Waals surface area contributed by atoms with Gasteiger partial charge in [0, 0.05) is 13.6 Å². The van der Waals surface area contributed by atoms with Gasteiger partial charge in [-0.2, -0.15) is 5.10 Å². The molecule has 1 aromatic heterocycles. The van der Waals surface area contributed by atoms with E-state index < -0.39 is 0 Å². The van der Waals surface area contributed by atoms with Crippen LogP contribution in [0, 0.1) is 12.7 Å². The fourth-order valence-corrected chi connectivity index (χ4v) is 3.17. The SMILES string of the molecule is Cc1c(NC(=O)NCC(c2ccc(F)cc2)N2CCCC2)cnn1C. The molecule has 6 nitrogen and oxygen atoms in total. The van der Waals surface area contributed by atoms with Crippen LogP contribution in [0.3, 0.4) is 0 Å². The van der Waals surface area contributed by atoms with Crippen LogP contribution in [0.15, 0.2) is 30.5 Å². The van der Waals surface area contributed by atoms with Gasteiger partial charge in [0.1, 0.15) is 5.82 Å². The van der Waals surface area contributed by atoms with E-state index in [1.807, 2.05) is 14.0 Å². The van der Waals surface area contributed by atoms with Gasteiger partial charge in [-0.05, 0) is 50.6 Å². The normalized spacial score (nSPS) is 16.0. The highest BCUT2D eigenvalue weighted by Crippen LogP contribution is 2.25. The molecule has 0 radical (unpaired) electrons. The summed E-state index contributed by atoms with van der Waals surface area (Å²) >= 11 is 0. The number of nitrogens with one attached hydrogen (secondary N) is 2. The van der Waals surface area contributed by atoms with E-state index >= 15 is 0 Å². The number of likely N-dealkylation sites (tertiary alicyclic amines) is 1. The lowest BCUT2D eigenvalue weighted by atomic mass is 10.1. The van der Waals surface area contributed by atoms with Gasteiger partial charge < -0.3 is 10.6 Å². The second-order valence-electron chi connectivity index (χ2n) is 6.41. The minimum absolute atomic E-state index is 0.0452. The van der Waals surface area contributed by atoms with Gasteiger partial charge in [0.15, 0.2) is 0 Å². The monoisotopic (exact) mass is 345 g/mol. The fraction of sp³-hybridized carbons (Fsp3) is 0.444. The Morgan fingerprint density at radius 1 is 1.28 bits per heavy atom. The van der Waals surface area contributed by atoms with Crippen LogP contribution in [0.1, 0.15) is 30.1 Å². The summed E-state index contributed by atoms with van der Waals surface area (Å²) in [5.74, 6) is -0.248. The molecule has 2 amide bonds. The molecule has 134 valence electrons. The van der Waals surface area contributed by atoms with Gasteiger partial charge in [-0.3, -0.25) is 9.58 Å².